The van der Waals surface area contributed by atoms with Crippen LogP contribution in [0.15, 0.2) is 54.6 Å². The van der Waals surface area contributed by atoms with Gasteiger partial charge >= 0.3 is 0 Å². The van der Waals surface area contributed by atoms with Gasteiger partial charge in [-0.3, -0.25) is 4.79 Å². The zero-order chi connectivity index (χ0) is 15.8. The van der Waals surface area contributed by atoms with Crippen LogP contribution < -0.4 is 10.6 Å². The molecule has 0 fully saturated rings. The molecule has 0 aromatic heterocycles. The van der Waals surface area contributed by atoms with E-state index in [0.717, 1.165) is 29.5 Å². The third kappa shape index (κ3) is 2.69. The molecule has 0 bridgehead atoms. The highest BCUT2D eigenvalue weighted by molar-refractivity contribution is 6.32. The summed E-state index contributed by atoms with van der Waals surface area (Å²) in [4.78, 5) is 12.7. The lowest BCUT2D eigenvalue weighted by atomic mass is 10.0. The molecule has 3 nitrogen and oxygen atoms in total. The Kier molecular flexibility index (Phi) is 3.52. The van der Waals surface area contributed by atoms with Crippen molar-refractivity contribution < 1.29 is 4.79 Å². The van der Waals surface area contributed by atoms with Crippen LogP contribution in [-0.2, 0) is 13.1 Å². The number of carbonyl (C=O) groups excluding carboxylic acids is 1. The molecule has 1 aliphatic rings. The number of fused-ring (bicyclic) bond motifs is 2. The van der Waals surface area contributed by atoms with Gasteiger partial charge in [0.2, 0.25) is 0 Å². The maximum Gasteiger partial charge on any atom is 0.256 e. The van der Waals surface area contributed by atoms with Crippen LogP contribution in [-0.4, -0.2) is 5.91 Å². The molecule has 0 atom stereocenters. The molecule has 3 aromatic carbocycles. The highest BCUT2D eigenvalue weighted by atomic mass is 35.5. The van der Waals surface area contributed by atoms with E-state index in [-0.39, 0.29) is 5.91 Å². The molecule has 0 aliphatic carbocycles. The molecular formula is C19H15ClN2O. The van der Waals surface area contributed by atoms with Crippen molar-refractivity contribution in [2.75, 3.05) is 5.32 Å². The van der Waals surface area contributed by atoms with Crippen LogP contribution in [0, 0.1) is 0 Å². The zero-order valence-corrected chi connectivity index (χ0v) is 13.2. The van der Waals surface area contributed by atoms with Crippen LogP contribution >= 0.6 is 11.6 Å². The van der Waals surface area contributed by atoms with Gasteiger partial charge in [-0.15, -0.1) is 0 Å². The van der Waals surface area contributed by atoms with Gasteiger partial charge in [-0.1, -0.05) is 41.9 Å². The molecule has 23 heavy (non-hydrogen) atoms. The van der Waals surface area contributed by atoms with E-state index in [1.165, 1.54) is 11.1 Å². The van der Waals surface area contributed by atoms with Crippen LogP contribution in [0.4, 0.5) is 5.69 Å². The Labute approximate surface area is 139 Å². The second-order valence-corrected chi connectivity index (χ2v) is 6.15. The van der Waals surface area contributed by atoms with Gasteiger partial charge in [0.25, 0.3) is 5.91 Å². The minimum absolute atomic E-state index is 0.144. The molecule has 4 rings (SSSR count). The Balaban J connectivity index is 1.70. The molecule has 0 saturated heterocycles. The number of halogens is 1. The molecule has 4 heteroatoms. The molecule has 2 N–H and O–H groups in total. The molecule has 1 amide bonds. The van der Waals surface area contributed by atoms with Crippen LogP contribution in [0.25, 0.3) is 10.8 Å². The highest BCUT2D eigenvalue weighted by Gasteiger charge is 2.14. The fourth-order valence-electron chi connectivity index (χ4n) is 3.03. The number of rotatable bonds is 2. The van der Waals surface area contributed by atoms with E-state index >= 15 is 0 Å². The molecule has 1 aliphatic heterocycles. The molecule has 0 spiro atoms. The van der Waals surface area contributed by atoms with Crippen molar-refractivity contribution in [3.63, 3.8) is 0 Å². The smallest absolute Gasteiger partial charge is 0.256 e. The number of amides is 1. The summed E-state index contributed by atoms with van der Waals surface area (Å²) in [5.74, 6) is -0.144. The van der Waals surface area contributed by atoms with Gasteiger partial charge in [-0.25, -0.2) is 0 Å². The first kappa shape index (κ1) is 14.2. The lowest BCUT2D eigenvalue weighted by Gasteiger charge is -2.10. The predicted molar refractivity (Wildman–Crippen MR) is 93.9 cm³/mol. The first-order valence-electron chi connectivity index (χ1n) is 7.53. The van der Waals surface area contributed by atoms with Crippen molar-refractivity contribution in [2.45, 2.75) is 13.1 Å². The molecule has 0 unspecified atom stereocenters. The standard InChI is InChI=1S/C19H15ClN2O/c20-15-7-12-3-1-2-4-17(12)18(9-15)19(23)22-16-6-5-13-10-21-11-14(13)8-16/h1-9,21H,10-11H2,(H,22,23). The summed E-state index contributed by atoms with van der Waals surface area (Å²) in [6.07, 6.45) is 0. The molecule has 1 heterocycles. The summed E-state index contributed by atoms with van der Waals surface area (Å²) in [5, 5.41) is 8.71. The predicted octanol–water partition coefficient (Wildman–Crippen LogP) is 4.35. The number of benzene rings is 3. The fraction of sp³-hybridized carbons (Fsp3) is 0.105. The lowest BCUT2D eigenvalue weighted by molar-refractivity contribution is 0.102. The van der Waals surface area contributed by atoms with E-state index < -0.39 is 0 Å². The van der Waals surface area contributed by atoms with Crippen LogP contribution in [0.2, 0.25) is 5.02 Å². The Morgan fingerprint density at radius 3 is 2.74 bits per heavy atom. The molecular weight excluding hydrogens is 308 g/mol. The first-order valence-corrected chi connectivity index (χ1v) is 7.91. The Hall–Kier alpha value is -2.36. The zero-order valence-electron chi connectivity index (χ0n) is 12.4. The first-order chi connectivity index (χ1) is 11.2. The van der Waals surface area contributed by atoms with Crippen molar-refractivity contribution >= 4 is 34.0 Å². The van der Waals surface area contributed by atoms with Crippen LogP contribution in [0.3, 0.4) is 0 Å². The van der Waals surface area contributed by atoms with E-state index in [1.54, 1.807) is 6.07 Å². The maximum absolute atomic E-state index is 12.7. The van der Waals surface area contributed by atoms with E-state index in [0.29, 0.717) is 10.6 Å². The third-order valence-corrected chi connectivity index (χ3v) is 4.38. The summed E-state index contributed by atoms with van der Waals surface area (Å²) >= 11 is 6.16. The topological polar surface area (TPSA) is 41.1 Å². The largest absolute Gasteiger partial charge is 0.322 e. The summed E-state index contributed by atoms with van der Waals surface area (Å²) in [5.41, 5.74) is 3.92. The van der Waals surface area contributed by atoms with Gasteiger partial charge in [0, 0.05) is 29.4 Å². The molecule has 0 radical (unpaired) electrons. The van der Waals surface area contributed by atoms with Gasteiger partial charge in [-0.2, -0.15) is 0 Å². The number of hydrogen-bond donors (Lipinski definition) is 2. The highest BCUT2D eigenvalue weighted by Crippen LogP contribution is 2.26. The molecule has 114 valence electrons. The lowest BCUT2D eigenvalue weighted by Crippen LogP contribution is -2.12. The van der Waals surface area contributed by atoms with E-state index in [1.807, 2.05) is 42.5 Å². The van der Waals surface area contributed by atoms with Crippen molar-refractivity contribution in [3.05, 3.63) is 76.3 Å². The third-order valence-electron chi connectivity index (χ3n) is 4.17. The number of nitrogens with one attached hydrogen (secondary N) is 2. The van der Waals surface area contributed by atoms with E-state index in [4.69, 9.17) is 11.6 Å². The van der Waals surface area contributed by atoms with Gasteiger partial charge in [0.15, 0.2) is 0 Å². The van der Waals surface area contributed by atoms with Gasteiger partial charge in [0.05, 0.1) is 0 Å². The minimum atomic E-state index is -0.144. The second kappa shape index (κ2) is 5.69. The summed E-state index contributed by atoms with van der Waals surface area (Å²) < 4.78 is 0. The average molecular weight is 323 g/mol. The van der Waals surface area contributed by atoms with Crippen molar-refractivity contribution in [3.8, 4) is 0 Å². The van der Waals surface area contributed by atoms with Crippen molar-refractivity contribution in [2.24, 2.45) is 0 Å². The number of carbonyl (C=O) groups is 1. The monoisotopic (exact) mass is 322 g/mol. The normalized spacial score (nSPS) is 13.1. The average Bonchev–Trinajstić information content (AvgIpc) is 3.01. The van der Waals surface area contributed by atoms with Gasteiger partial charge in [0.1, 0.15) is 0 Å². The van der Waals surface area contributed by atoms with Gasteiger partial charge < -0.3 is 10.6 Å². The quantitative estimate of drug-likeness (QED) is 0.736. The fourth-order valence-corrected chi connectivity index (χ4v) is 3.26. The summed E-state index contributed by atoms with van der Waals surface area (Å²) in [6, 6.07) is 17.4. The van der Waals surface area contributed by atoms with Crippen LogP contribution in [0.5, 0.6) is 0 Å². The second-order valence-electron chi connectivity index (χ2n) is 5.72. The molecule has 0 saturated carbocycles. The van der Waals surface area contributed by atoms with E-state index in [9.17, 15) is 4.79 Å². The summed E-state index contributed by atoms with van der Waals surface area (Å²) in [7, 11) is 0. The minimum Gasteiger partial charge on any atom is -0.322 e. The Bertz CT molecular complexity index is 920. The SMILES string of the molecule is O=C(Nc1ccc2c(c1)CNC2)c1cc(Cl)cc2ccccc12. The Morgan fingerprint density at radius 1 is 1.00 bits per heavy atom. The van der Waals surface area contributed by atoms with Gasteiger partial charge in [-0.05, 0) is 46.2 Å². The van der Waals surface area contributed by atoms with E-state index in [2.05, 4.69) is 16.7 Å². The van der Waals surface area contributed by atoms with Crippen molar-refractivity contribution in [1.29, 1.82) is 0 Å². The molecule has 3 aromatic rings. The Morgan fingerprint density at radius 2 is 1.83 bits per heavy atom. The maximum atomic E-state index is 12.7. The van der Waals surface area contributed by atoms with Crippen LogP contribution in [0.1, 0.15) is 21.5 Å². The summed E-state index contributed by atoms with van der Waals surface area (Å²) in [6.45, 7) is 1.74. The number of hydrogen-bond acceptors (Lipinski definition) is 2. The van der Waals surface area contributed by atoms with Crippen molar-refractivity contribution in [1.82, 2.24) is 5.32 Å². The number of anilines is 1.